The summed E-state index contributed by atoms with van der Waals surface area (Å²) in [6.07, 6.45) is 5.24. The van der Waals surface area contributed by atoms with Crippen LogP contribution in [0.3, 0.4) is 0 Å². The van der Waals surface area contributed by atoms with Crippen molar-refractivity contribution in [1.82, 2.24) is 0 Å². The smallest absolute Gasteiger partial charge is 0.322 e. The third kappa shape index (κ3) is 3.45. The van der Waals surface area contributed by atoms with Crippen LogP contribution in [-0.2, 0) is 11.2 Å². The number of nitrogens with one attached hydrogen (secondary N) is 2. The first-order valence-electron chi connectivity index (χ1n) is 7.36. The van der Waals surface area contributed by atoms with Crippen LogP contribution in [0.1, 0.15) is 11.1 Å². The third-order valence-corrected chi connectivity index (χ3v) is 3.70. The van der Waals surface area contributed by atoms with E-state index in [-0.39, 0.29) is 6.54 Å². The van der Waals surface area contributed by atoms with E-state index >= 15 is 0 Å². The Hall–Kier alpha value is -2.95. The molecule has 23 heavy (non-hydrogen) atoms. The van der Waals surface area contributed by atoms with E-state index in [0.717, 1.165) is 17.8 Å². The number of anilines is 3. The molecule has 1 aliphatic carbocycles. The van der Waals surface area contributed by atoms with Gasteiger partial charge in [0.25, 0.3) is 0 Å². The molecule has 0 fully saturated rings. The van der Waals surface area contributed by atoms with Crippen LogP contribution in [0.5, 0.6) is 5.75 Å². The lowest BCUT2D eigenvalue weighted by Crippen LogP contribution is -2.12. The van der Waals surface area contributed by atoms with Crippen molar-refractivity contribution in [3.63, 3.8) is 0 Å². The largest absolute Gasteiger partial charge is 0.494 e. The highest BCUT2D eigenvalue weighted by atomic mass is 16.5. The Bertz CT molecular complexity index is 769. The van der Waals surface area contributed by atoms with Gasteiger partial charge in [0.05, 0.1) is 12.8 Å². The molecule has 0 spiro atoms. The van der Waals surface area contributed by atoms with Crippen molar-refractivity contribution in [2.24, 2.45) is 0 Å². The fourth-order valence-corrected chi connectivity index (χ4v) is 2.57. The van der Waals surface area contributed by atoms with Crippen molar-refractivity contribution in [3.8, 4) is 5.75 Å². The van der Waals surface area contributed by atoms with Crippen molar-refractivity contribution < 1.29 is 14.6 Å². The summed E-state index contributed by atoms with van der Waals surface area (Å²) in [7, 11) is 1.59. The minimum Gasteiger partial charge on any atom is -0.494 e. The Morgan fingerprint density at radius 2 is 2.04 bits per heavy atom. The Kier molecular flexibility index (Phi) is 4.19. The fraction of sp³-hybridized carbons (Fsp3) is 0.167. The zero-order chi connectivity index (χ0) is 16.2. The Morgan fingerprint density at radius 1 is 1.22 bits per heavy atom. The van der Waals surface area contributed by atoms with Crippen molar-refractivity contribution in [1.29, 1.82) is 0 Å². The maximum absolute atomic E-state index is 10.6. The van der Waals surface area contributed by atoms with Crippen LogP contribution in [0.15, 0.2) is 42.5 Å². The zero-order valence-corrected chi connectivity index (χ0v) is 12.8. The molecule has 2 aromatic rings. The molecule has 0 heterocycles. The molecule has 0 saturated carbocycles. The van der Waals surface area contributed by atoms with Crippen molar-refractivity contribution >= 4 is 29.1 Å². The number of carbonyl (C=O) groups is 1. The first-order valence-corrected chi connectivity index (χ1v) is 7.36. The van der Waals surface area contributed by atoms with Crippen LogP contribution in [-0.4, -0.2) is 24.7 Å². The average Bonchev–Trinajstić information content (AvgIpc) is 3.01. The van der Waals surface area contributed by atoms with Gasteiger partial charge in [0.15, 0.2) is 0 Å². The number of methoxy groups -OCH3 is 1. The van der Waals surface area contributed by atoms with Gasteiger partial charge in [-0.2, -0.15) is 0 Å². The van der Waals surface area contributed by atoms with E-state index in [0.29, 0.717) is 11.4 Å². The van der Waals surface area contributed by atoms with Crippen LogP contribution in [0.2, 0.25) is 0 Å². The number of carboxylic acid groups (broad SMARTS) is 1. The van der Waals surface area contributed by atoms with Gasteiger partial charge in [0.2, 0.25) is 0 Å². The Balaban J connectivity index is 1.78. The summed E-state index contributed by atoms with van der Waals surface area (Å²) in [4.78, 5) is 10.6. The highest BCUT2D eigenvalue weighted by Gasteiger charge is 2.09. The number of fused-ring (bicyclic) bond motifs is 1. The van der Waals surface area contributed by atoms with Gasteiger partial charge in [-0.1, -0.05) is 18.2 Å². The van der Waals surface area contributed by atoms with E-state index in [4.69, 9.17) is 9.84 Å². The fourth-order valence-electron chi connectivity index (χ4n) is 2.57. The minimum absolute atomic E-state index is 0.131. The standard InChI is InChI=1S/C18H18N2O3/c1-23-17-10-14(19-11-18(21)22)7-8-16(17)20-15-6-5-12-3-2-4-13(12)9-15/h2-3,5-10,19-20H,4,11H2,1H3,(H,21,22). The molecule has 0 amide bonds. The van der Waals surface area contributed by atoms with Gasteiger partial charge in [-0.3, -0.25) is 4.79 Å². The molecule has 0 saturated heterocycles. The van der Waals surface area contributed by atoms with Crippen LogP contribution >= 0.6 is 0 Å². The predicted molar refractivity (Wildman–Crippen MR) is 91.6 cm³/mol. The second-order valence-corrected chi connectivity index (χ2v) is 5.31. The van der Waals surface area contributed by atoms with Crippen LogP contribution in [0, 0.1) is 0 Å². The highest BCUT2D eigenvalue weighted by molar-refractivity contribution is 5.75. The molecule has 0 atom stereocenters. The quantitative estimate of drug-likeness (QED) is 0.761. The molecule has 5 heteroatoms. The van der Waals surface area contributed by atoms with Crippen molar-refractivity contribution in [3.05, 3.63) is 53.6 Å². The summed E-state index contributed by atoms with van der Waals surface area (Å²) < 4.78 is 5.40. The van der Waals surface area contributed by atoms with E-state index < -0.39 is 5.97 Å². The molecule has 0 unspecified atom stereocenters. The molecular formula is C18H18N2O3. The van der Waals surface area contributed by atoms with Gasteiger partial charge in [-0.15, -0.1) is 0 Å². The van der Waals surface area contributed by atoms with Crippen LogP contribution in [0.25, 0.3) is 6.08 Å². The van der Waals surface area contributed by atoms with Crippen molar-refractivity contribution in [2.45, 2.75) is 6.42 Å². The number of hydrogen-bond donors (Lipinski definition) is 3. The lowest BCUT2D eigenvalue weighted by molar-refractivity contribution is -0.134. The number of hydrogen-bond acceptors (Lipinski definition) is 4. The lowest BCUT2D eigenvalue weighted by Gasteiger charge is -2.14. The molecule has 0 radical (unpaired) electrons. The minimum atomic E-state index is -0.905. The van der Waals surface area contributed by atoms with Gasteiger partial charge >= 0.3 is 5.97 Å². The summed E-state index contributed by atoms with van der Waals surface area (Å²) in [5, 5.41) is 14.9. The van der Waals surface area contributed by atoms with E-state index in [1.165, 1.54) is 11.1 Å². The molecule has 1 aliphatic rings. The zero-order valence-electron chi connectivity index (χ0n) is 12.8. The van der Waals surface area contributed by atoms with Gasteiger partial charge in [0.1, 0.15) is 12.3 Å². The second kappa shape index (κ2) is 6.44. The first kappa shape index (κ1) is 15.0. The van der Waals surface area contributed by atoms with Crippen molar-refractivity contribution in [2.75, 3.05) is 24.3 Å². The second-order valence-electron chi connectivity index (χ2n) is 5.31. The highest BCUT2D eigenvalue weighted by Crippen LogP contribution is 2.32. The van der Waals surface area contributed by atoms with E-state index in [2.05, 4.69) is 34.9 Å². The third-order valence-electron chi connectivity index (χ3n) is 3.70. The summed E-state index contributed by atoms with van der Waals surface area (Å²) in [6, 6.07) is 11.7. The molecule has 3 N–H and O–H groups in total. The molecule has 0 aliphatic heterocycles. The normalized spacial score (nSPS) is 11.9. The lowest BCUT2D eigenvalue weighted by atomic mass is 10.1. The number of ether oxygens (including phenoxy) is 1. The SMILES string of the molecule is COc1cc(NCC(=O)O)ccc1Nc1ccc2c(c1)CC=C2. The number of rotatable bonds is 6. The van der Waals surface area contributed by atoms with E-state index in [9.17, 15) is 4.79 Å². The molecule has 2 aromatic carbocycles. The summed E-state index contributed by atoms with van der Waals surface area (Å²) >= 11 is 0. The Labute approximate surface area is 134 Å². The molecular weight excluding hydrogens is 292 g/mol. The molecule has 0 aromatic heterocycles. The molecule has 0 bridgehead atoms. The topological polar surface area (TPSA) is 70.6 Å². The maximum atomic E-state index is 10.6. The first-order chi connectivity index (χ1) is 11.2. The van der Waals surface area contributed by atoms with Gasteiger partial charge in [-0.25, -0.2) is 0 Å². The van der Waals surface area contributed by atoms with Crippen LogP contribution in [0.4, 0.5) is 17.1 Å². The number of benzene rings is 2. The maximum Gasteiger partial charge on any atom is 0.322 e. The molecule has 118 valence electrons. The van der Waals surface area contributed by atoms with E-state index in [1.807, 2.05) is 18.2 Å². The summed E-state index contributed by atoms with van der Waals surface area (Å²) in [5.74, 6) is -0.253. The average molecular weight is 310 g/mol. The predicted octanol–water partition coefficient (Wildman–Crippen LogP) is 3.50. The number of carboxylic acids is 1. The molecule has 5 nitrogen and oxygen atoms in total. The molecule has 3 rings (SSSR count). The van der Waals surface area contributed by atoms with Gasteiger partial charge in [-0.05, 0) is 41.8 Å². The van der Waals surface area contributed by atoms with Crippen LogP contribution < -0.4 is 15.4 Å². The van der Waals surface area contributed by atoms with Gasteiger partial charge < -0.3 is 20.5 Å². The number of aliphatic carboxylic acids is 1. The Morgan fingerprint density at radius 3 is 2.83 bits per heavy atom. The van der Waals surface area contributed by atoms with Gasteiger partial charge in [0, 0.05) is 17.4 Å². The summed E-state index contributed by atoms with van der Waals surface area (Å²) in [5.41, 5.74) is 5.09. The monoisotopic (exact) mass is 310 g/mol. The summed E-state index contributed by atoms with van der Waals surface area (Å²) in [6.45, 7) is -0.131. The van der Waals surface area contributed by atoms with E-state index in [1.54, 1.807) is 13.2 Å². The number of allylic oxidation sites excluding steroid dienone is 1.